The predicted molar refractivity (Wildman–Crippen MR) is 38.4 cm³/mol. The van der Waals surface area contributed by atoms with Crippen LogP contribution in [0.25, 0.3) is 0 Å². The first-order valence-corrected chi connectivity index (χ1v) is 3.81. The Morgan fingerprint density at radius 3 is 2.33 bits per heavy atom. The lowest BCUT2D eigenvalue weighted by Crippen LogP contribution is -2.87. The van der Waals surface area contributed by atoms with E-state index < -0.39 is 0 Å². The summed E-state index contributed by atoms with van der Waals surface area (Å²) in [5, 5.41) is 2.34. The van der Waals surface area contributed by atoms with Crippen molar-refractivity contribution in [3.05, 3.63) is 0 Å². The van der Waals surface area contributed by atoms with Gasteiger partial charge in [-0.05, 0) is 7.05 Å². The molecule has 0 saturated carbocycles. The number of quaternary nitrogens is 1. The second kappa shape index (κ2) is 3.18. The summed E-state index contributed by atoms with van der Waals surface area (Å²) in [4.78, 5) is 2.40. The molecule has 0 unspecified atom stereocenters. The highest BCUT2D eigenvalue weighted by Crippen LogP contribution is 2.03. The number of piperidine rings is 1. The predicted octanol–water partition coefficient (Wildman–Crippen LogP) is -0.726. The summed E-state index contributed by atoms with van der Waals surface area (Å²) in [5.74, 6) is 0. The lowest BCUT2D eigenvalue weighted by atomic mass is 10.1. The van der Waals surface area contributed by atoms with E-state index in [0.29, 0.717) is 0 Å². The fourth-order valence-corrected chi connectivity index (χ4v) is 1.36. The summed E-state index contributed by atoms with van der Waals surface area (Å²) in [6.07, 6.45) is 2.74. The molecular weight excluding hydrogens is 112 g/mol. The molecule has 0 spiro atoms. The fraction of sp³-hybridized carbons (Fsp3) is 1.00. The van der Waals surface area contributed by atoms with Gasteiger partial charge in [0.25, 0.3) is 0 Å². The van der Waals surface area contributed by atoms with Gasteiger partial charge in [0.1, 0.15) is 0 Å². The van der Waals surface area contributed by atoms with Gasteiger partial charge < -0.3 is 10.2 Å². The van der Waals surface area contributed by atoms with Gasteiger partial charge in [0.2, 0.25) is 0 Å². The smallest absolute Gasteiger partial charge is 0.0881 e. The minimum absolute atomic E-state index is 0.904. The first kappa shape index (κ1) is 7.03. The molecule has 1 aliphatic rings. The molecule has 2 nitrogen and oxygen atoms in total. The van der Waals surface area contributed by atoms with E-state index in [2.05, 4.69) is 24.3 Å². The van der Waals surface area contributed by atoms with Gasteiger partial charge in [0.15, 0.2) is 0 Å². The molecule has 0 aliphatic carbocycles. The van der Waals surface area contributed by atoms with Gasteiger partial charge in [0.05, 0.1) is 13.1 Å². The Labute approximate surface area is 57.2 Å². The van der Waals surface area contributed by atoms with Crippen LogP contribution in [0.5, 0.6) is 0 Å². The number of hydrogen-bond acceptors (Lipinski definition) is 1. The highest BCUT2D eigenvalue weighted by atomic mass is 15.1. The summed E-state index contributed by atoms with van der Waals surface area (Å²) in [5.41, 5.74) is 0. The van der Waals surface area contributed by atoms with Gasteiger partial charge in [-0.2, -0.15) is 0 Å². The minimum atomic E-state index is 0.904. The first-order chi connectivity index (χ1) is 4.33. The van der Waals surface area contributed by atoms with Crippen LogP contribution in [-0.4, -0.2) is 38.1 Å². The van der Waals surface area contributed by atoms with Crippen molar-refractivity contribution in [1.29, 1.82) is 0 Å². The Balaban J connectivity index is 2.18. The Kier molecular flexibility index (Phi) is 2.49. The molecule has 0 radical (unpaired) electrons. The number of likely N-dealkylation sites (tertiary alicyclic amines) is 1. The zero-order valence-electron chi connectivity index (χ0n) is 6.43. The summed E-state index contributed by atoms with van der Waals surface area (Å²) in [6, 6.07) is 0.904. The van der Waals surface area contributed by atoms with Gasteiger partial charge in [-0.3, -0.25) is 0 Å². The molecule has 0 aromatic rings. The van der Waals surface area contributed by atoms with Crippen LogP contribution in [0.1, 0.15) is 12.8 Å². The second-order valence-electron chi connectivity index (χ2n) is 2.97. The largest absolute Gasteiger partial charge is 0.346 e. The van der Waals surface area contributed by atoms with E-state index in [1.165, 1.54) is 25.9 Å². The maximum absolute atomic E-state index is 2.40. The molecule has 0 atom stereocenters. The molecule has 0 amide bonds. The van der Waals surface area contributed by atoms with E-state index in [0.717, 1.165) is 6.04 Å². The van der Waals surface area contributed by atoms with Crippen LogP contribution >= 0.6 is 0 Å². The Hall–Kier alpha value is -0.0800. The standard InChI is InChI=1S/C7H16N2/c1-8-7-3-5-9(2)6-4-7/h7-8H,3-6H2,1-2H3/p+1. The first-order valence-electron chi connectivity index (χ1n) is 3.81. The molecule has 54 valence electrons. The highest BCUT2D eigenvalue weighted by molar-refractivity contribution is 4.66. The van der Waals surface area contributed by atoms with Crippen LogP contribution in [0, 0.1) is 0 Å². The zero-order chi connectivity index (χ0) is 6.69. The van der Waals surface area contributed by atoms with Crippen molar-refractivity contribution in [3.63, 3.8) is 0 Å². The summed E-state index contributed by atoms with van der Waals surface area (Å²) in [7, 11) is 4.38. The molecule has 0 aromatic carbocycles. The molecule has 2 N–H and O–H groups in total. The van der Waals surface area contributed by atoms with Gasteiger partial charge in [0, 0.05) is 25.9 Å². The minimum Gasteiger partial charge on any atom is -0.346 e. The third-order valence-electron chi connectivity index (χ3n) is 2.23. The molecule has 2 heteroatoms. The van der Waals surface area contributed by atoms with Gasteiger partial charge in [-0.25, -0.2) is 0 Å². The number of hydrogen-bond donors (Lipinski definition) is 1. The molecule has 1 rings (SSSR count). The Morgan fingerprint density at radius 1 is 1.33 bits per heavy atom. The van der Waals surface area contributed by atoms with Crippen molar-refractivity contribution in [2.75, 3.05) is 27.2 Å². The van der Waals surface area contributed by atoms with Crippen molar-refractivity contribution in [1.82, 2.24) is 4.90 Å². The summed E-state index contributed by atoms with van der Waals surface area (Å²) in [6.45, 7) is 2.57. The van der Waals surface area contributed by atoms with Gasteiger partial charge >= 0.3 is 0 Å². The Bertz CT molecular complexity index is 75.0. The van der Waals surface area contributed by atoms with Crippen molar-refractivity contribution in [2.24, 2.45) is 0 Å². The Morgan fingerprint density at radius 2 is 1.89 bits per heavy atom. The number of nitrogens with two attached hydrogens (primary N) is 1. The number of nitrogens with zero attached hydrogens (tertiary/aromatic N) is 1. The van der Waals surface area contributed by atoms with E-state index in [4.69, 9.17) is 0 Å². The summed E-state index contributed by atoms with van der Waals surface area (Å²) >= 11 is 0. The normalized spacial score (nSPS) is 24.7. The molecule has 1 fully saturated rings. The SMILES string of the molecule is C[NH2+]C1CCN(C)CC1. The average molecular weight is 129 g/mol. The van der Waals surface area contributed by atoms with E-state index >= 15 is 0 Å². The van der Waals surface area contributed by atoms with E-state index in [-0.39, 0.29) is 0 Å². The van der Waals surface area contributed by atoms with Crippen LogP contribution in [0.4, 0.5) is 0 Å². The molecular formula is C7H17N2+. The topological polar surface area (TPSA) is 19.9 Å². The van der Waals surface area contributed by atoms with Crippen molar-refractivity contribution in [3.8, 4) is 0 Å². The third-order valence-corrected chi connectivity index (χ3v) is 2.23. The molecule has 9 heavy (non-hydrogen) atoms. The average Bonchev–Trinajstić information content (AvgIpc) is 1.90. The van der Waals surface area contributed by atoms with E-state index in [1.54, 1.807) is 0 Å². The lowest BCUT2D eigenvalue weighted by molar-refractivity contribution is -0.666. The van der Waals surface area contributed by atoms with Gasteiger partial charge in [-0.1, -0.05) is 0 Å². The quantitative estimate of drug-likeness (QED) is 0.495. The molecule has 0 aromatic heterocycles. The van der Waals surface area contributed by atoms with E-state index in [1.807, 2.05) is 0 Å². The van der Waals surface area contributed by atoms with Crippen LogP contribution in [-0.2, 0) is 0 Å². The van der Waals surface area contributed by atoms with Crippen LogP contribution in [0.3, 0.4) is 0 Å². The van der Waals surface area contributed by atoms with Crippen LogP contribution in [0.2, 0.25) is 0 Å². The second-order valence-corrected chi connectivity index (χ2v) is 2.97. The molecule has 1 aliphatic heterocycles. The maximum Gasteiger partial charge on any atom is 0.0881 e. The molecule has 1 saturated heterocycles. The summed E-state index contributed by atoms with van der Waals surface area (Å²) < 4.78 is 0. The molecule has 1 heterocycles. The van der Waals surface area contributed by atoms with Gasteiger partial charge in [-0.15, -0.1) is 0 Å². The third kappa shape index (κ3) is 1.95. The van der Waals surface area contributed by atoms with Crippen molar-refractivity contribution >= 4 is 0 Å². The van der Waals surface area contributed by atoms with Crippen molar-refractivity contribution in [2.45, 2.75) is 18.9 Å². The van der Waals surface area contributed by atoms with Crippen molar-refractivity contribution < 1.29 is 5.32 Å². The highest BCUT2D eigenvalue weighted by Gasteiger charge is 2.16. The van der Waals surface area contributed by atoms with Crippen LogP contribution < -0.4 is 5.32 Å². The monoisotopic (exact) mass is 129 g/mol. The van der Waals surface area contributed by atoms with E-state index in [9.17, 15) is 0 Å². The molecule has 0 bridgehead atoms. The fourth-order valence-electron chi connectivity index (χ4n) is 1.36. The zero-order valence-corrected chi connectivity index (χ0v) is 6.43. The lowest BCUT2D eigenvalue weighted by Gasteiger charge is -2.26. The van der Waals surface area contributed by atoms with Crippen LogP contribution in [0.15, 0.2) is 0 Å². The maximum atomic E-state index is 2.40. The number of rotatable bonds is 1.